The summed E-state index contributed by atoms with van der Waals surface area (Å²) in [6, 6.07) is 0. The Labute approximate surface area is 93.5 Å². The van der Waals surface area contributed by atoms with Crippen molar-refractivity contribution in [2.24, 2.45) is 5.73 Å². The SMILES string of the molecule is Cc1[nH]ncc1S(=O)(=O)N(C)CC(N)=S. The molecule has 0 saturated carbocycles. The number of likely N-dealkylation sites (N-methyl/N-ethyl adjacent to an activating group) is 1. The normalized spacial score (nSPS) is 11.9. The summed E-state index contributed by atoms with van der Waals surface area (Å²) in [5, 5.41) is 6.22. The number of aryl methyl sites for hydroxylation is 1. The molecule has 84 valence electrons. The van der Waals surface area contributed by atoms with Crippen LogP contribution >= 0.6 is 12.2 Å². The Morgan fingerprint density at radius 3 is 2.73 bits per heavy atom. The van der Waals surface area contributed by atoms with E-state index in [4.69, 9.17) is 5.73 Å². The first-order chi connectivity index (χ1) is 6.85. The van der Waals surface area contributed by atoms with E-state index in [2.05, 4.69) is 22.4 Å². The third-order valence-electron chi connectivity index (χ3n) is 1.85. The number of nitrogens with two attached hydrogens (primary N) is 1. The van der Waals surface area contributed by atoms with Crippen LogP contribution in [0.1, 0.15) is 5.69 Å². The van der Waals surface area contributed by atoms with Crippen LogP contribution in [0, 0.1) is 6.92 Å². The highest BCUT2D eigenvalue weighted by molar-refractivity contribution is 7.89. The van der Waals surface area contributed by atoms with Gasteiger partial charge >= 0.3 is 0 Å². The summed E-state index contributed by atoms with van der Waals surface area (Å²) in [6.45, 7) is 1.65. The lowest BCUT2D eigenvalue weighted by molar-refractivity contribution is 0.505. The van der Waals surface area contributed by atoms with Crippen LogP contribution in [-0.4, -0.2) is 41.5 Å². The van der Waals surface area contributed by atoms with Gasteiger partial charge in [-0.1, -0.05) is 12.2 Å². The molecule has 3 N–H and O–H groups in total. The maximum atomic E-state index is 11.9. The van der Waals surface area contributed by atoms with E-state index in [0.29, 0.717) is 5.69 Å². The van der Waals surface area contributed by atoms with Gasteiger partial charge in [0.15, 0.2) is 0 Å². The molecule has 0 aliphatic carbocycles. The summed E-state index contributed by atoms with van der Waals surface area (Å²) < 4.78 is 24.9. The van der Waals surface area contributed by atoms with Gasteiger partial charge in [0.1, 0.15) is 4.90 Å². The van der Waals surface area contributed by atoms with E-state index >= 15 is 0 Å². The van der Waals surface area contributed by atoms with E-state index in [1.54, 1.807) is 6.92 Å². The van der Waals surface area contributed by atoms with Gasteiger partial charge in [0.25, 0.3) is 0 Å². The number of aromatic nitrogens is 2. The zero-order valence-electron chi connectivity index (χ0n) is 8.39. The number of hydrogen-bond donors (Lipinski definition) is 2. The molecule has 0 aromatic carbocycles. The largest absolute Gasteiger partial charge is 0.392 e. The Balaban J connectivity index is 3.04. The fourth-order valence-electron chi connectivity index (χ4n) is 1.07. The minimum atomic E-state index is -3.55. The number of thiocarbonyl (C=S) groups is 1. The van der Waals surface area contributed by atoms with Crippen LogP contribution in [-0.2, 0) is 10.0 Å². The molecular formula is C7H12N4O2S2. The van der Waals surface area contributed by atoms with Crippen molar-refractivity contribution in [1.29, 1.82) is 0 Å². The monoisotopic (exact) mass is 248 g/mol. The predicted octanol–water partition coefficient (Wildman–Crippen LogP) is -0.375. The van der Waals surface area contributed by atoms with Crippen molar-refractivity contribution in [3.05, 3.63) is 11.9 Å². The van der Waals surface area contributed by atoms with Gasteiger partial charge in [-0.3, -0.25) is 5.10 Å². The van der Waals surface area contributed by atoms with Gasteiger partial charge < -0.3 is 5.73 Å². The van der Waals surface area contributed by atoms with Crippen molar-refractivity contribution in [1.82, 2.24) is 14.5 Å². The lowest BCUT2D eigenvalue weighted by Crippen LogP contribution is -2.34. The first-order valence-corrected chi connectivity index (χ1v) is 5.95. The molecular weight excluding hydrogens is 236 g/mol. The smallest absolute Gasteiger partial charge is 0.246 e. The van der Waals surface area contributed by atoms with E-state index < -0.39 is 10.0 Å². The number of nitrogens with one attached hydrogen (secondary N) is 1. The first kappa shape index (κ1) is 12.1. The van der Waals surface area contributed by atoms with E-state index in [1.807, 2.05) is 0 Å². The summed E-state index contributed by atoms with van der Waals surface area (Å²) in [5.41, 5.74) is 5.77. The summed E-state index contributed by atoms with van der Waals surface area (Å²) >= 11 is 4.65. The number of sulfonamides is 1. The molecule has 0 atom stereocenters. The van der Waals surface area contributed by atoms with Crippen molar-refractivity contribution in [3.63, 3.8) is 0 Å². The lowest BCUT2D eigenvalue weighted by Gasteiger charge is -2.15. The molecule has 0 bridgehead atoms. The molecule has 6 nitrogen and oxygen atoms in total. The maximum absolute atomic E-state index is 11.9. The average Bonchev–Trinajstić information content (AvgIpc) is 2.50. The average molecular weight is 248 g/mol. The van der Waals surface area contributed by atoms with Crippen LogP contribution in [0.5, 0.6) is 0 Å². The molecule has 0 aliphatic rings. The second-order valence-corrected chi connectivity index (χ2v) is 5.62. The third kappa shape index (κ3) is 2.52. The molecule has 0 aliphatic heterocycles. The standard InChI is InChI=1S/C7H12N4O2S2/c1-5-6(3-9-10-5)15(12,13)11(2)4-7(8)14/h3H,4H2,1-2H3,(H2,8,14)(H,9,10). The third-order valence-corrected chi connectivity index (χ3v) is 3.90. The molecule has 0 unspecified atom stereocenters. The van der Waals surface area contributed by atoms with E-state index in [9.17, 15) is 8.42 Å². The van der Waals surface area contributed by atoms with Gasteiger partial charge in [-0.2, -0.15) is 9.40 Å². The van der Waals surface area contributed by atoms with Crippen molar-refractivity contribution < 1.29 is 8.42 Å². The van der Waals surface area contributed by atoms with Crippen LogP contribution in [0.25, 0.3) is 0 Å². The highest BCUT2D eigenvalue weighted by Crippen LogP contribution is 2.15. The zero-order chi connectivity index (χ0) is 11.6. The summed E-state index contributed by atoms with van der Waals surface area (Å²) in [5.74, 6) is 0. The van der Waals surface area contributed by atoms with Gasteiger partial charge in [0.05, 0.1) is 23.4 Å². The van der Waals surface area contributed by atoms with Gasteiger partial charge in [0.2, 0.25) is 10.0 Å². The number of rotatable bonds is 4. The van der Waals surface area contributed by atoms with Crippen LogP contribution in [0.4, 0.5) is 0 Å². The van der Waals surface area contributed by atoms with Gasteiger partial charge in [-0.15, -0.1) is 0 Å². The predicted molar refractivity (Wildman–Crippen MR) is 59.9 cm³/mol. The molecule has 0 spiro atoms. The molecule has 8 heteroatoms. The molecule has 0 radical (unpaired) electrons. The number of H-pyrrole nitrogens is 1. The van der Waals surface area contributed by atoms with Crippen LogP contribution in [0.3, 0.4) is 0 Å². The quantitative estimate of drug-likeness (QED) is 0.709. The molecule has 15 heavy (non-hydrogen) atoms. The van der Waals surface area contributed by atoms with Gasteiger partial charge in [-0.25, -0.2) is 8.42 Å². The molecule has 0 fully saturated rings. The maximum Gasteiger partial charge on any atom is 0.246 e. The Bertz CT molecular complexity index is 465. The van der Waals surface area contributed by atoms with Crippen LogP contribution in [0.15, 0.2) is 11.1 Å². The van der Waals surface area contributed by atoms with Crippen molar-refractivity contribution in [2.75, 3.05) is 13.6 Å². The van der Waals surface area contributed by atoms with Crippen molar-refractivity contribution >= 4 is 27.2 Å². The highest BCUT2D eigenvalue weighted by atomic mass is 32.2. The molecule has 0 saturated heterocycles. The second kappa shape index (κ2) is 4.25. The molecule has 1 aromatic heterocycles. The van der Waals surface area contributed by atoms with Crippen molar-refractivity contribution in [2.45, 2.75) is 11.8 Å². The Morgan fingerprint density at radius 1 is 1.73 bits per heavy atom. The minimum Gasteiger partial charge on any atom is -0.392 e. The fourth-order valence-corrected chi connectivity index (χ4v) is 2.61. The summed E-state index contributed by atoms with van der Waals surface area (Å²) in [6.07, 6.45) is 1.26. The van der Waals surface area contributed by atoms with Crippen LogP contribution < -0.4 is 5.73 Å². The molecule has 1 rings (SSSR count). The molecule has 1 heterocycles. The zero-order valence-corrected chi connectivity index (χ0v) is 10.0. The molecule has 1 aromatic rings. The Kier molecular flexibility index (Phi) is 3.42. The highest BCUT2D eigenvalue weighted by Gasteiger charge is 2.24. The Hall–Kier alpha value is -0.990. The molecule has 0 amide bonds. The van der Waals surface area contributed by atoms with Gasteiger partial charge in [-0.05, 0) is 6.92 Å². The number of aromatic amines is 1. The first-order valence-electron chi connectivity index (χ1n) is 4.10. The van der Waals surface area contributed by atoms with Gasteiger partial charge in [0, 0.05) is 7.05 Å². The van der Waals surface area contributed by atoms with E-state index in [-0.39, 0.29) is 16.4 Å². The van der Waals surface area contributed by atoms with Crippen molar-refractivity contribution in [3.8, 4) is 0 Å². The topological polar surface area (TPSA) is 92.1 Å². The fraction of sp³-hybridized carbons (Fsp3) is 0.429. The van der Waals surface area contributed by atoms with E-state index in [1.165, 1.54) is 13.2 Å². The minimum absolute atomic E-state index is 0.0162. The summed E-state index contributed by atoms with van der Waals surface area (Å²) in [4.78, 5) is 0.267. The number of nitrogens with zero attached hydrogens (tertiary/aromatic N) is 2. The lowest BCUT2D eigenvalue weighted by atomic mass is 10.5. The van der Waals surface area contributed by atoms with E-state index in [0.717, 1.165) is 4.31 Å². The Morgan fingerprint density at radius 2 is 2.33 bits per heavy atom. The second-order valence-electron chi connectivity index (χ2n) is 3.09. The van der Waals surface area contributed by atoms with Crippen LogP contribution in [0.2, 0.25) is 0 Å². The number of hydrogen-bond acceptors (Lipinski definition) is 4. The summed E-state index contributed by atoms with van der Waals surface area (Å²) in [7, 11) is -2.13.